The Kier molecular flexibility index (Phi) is 5.95. The van der Waals surface area contributed by atoms with E-state index in [1.165, 1.54) is 0 Å². The molecule has 0 spiro atoms. The molecule has 0 saturated carbocycles. The number of piperidine rings is 1. The molecular weight excluding hydrogens is 414 g/mol. The molecule has 8 heteroatoms. The van der Waals surface area contributed by atoms with Gasteiger partial charge in [0.1, 0.15) is 5.69 Å². The Morgan fingerprint density at radius 1 is 1.10 bits per heavy atom. The average molecular weight is 438 g/mol. The topological polar surface area (TPSA) is 93.3 Å². The molecule has 2 heterocycles. The molecule has 2 amide bonds. The van der Waals surface area contributed by atoms with Gasteiger partial charge in [-0.15, -0.1) is 0 Å². The standard InChI is InChI=1S/C23H24ClN5O2/c1-28-14-19(21(27-28)18-4-2-3-5-20(18)24)23(31)26-16-6-8-17(9-7-16)29-12-10-15(11-13-29)22(25)30/h2-9,14-15H,10-13H2,1H3,(H2,25,30)(H,26,31). The summed E-state index contributed by atoms with van der Waals surface area (Å²) in [7, 11) is 1.77. The molecule has 0 aliphatic carbocycles. The Bertz CT molecular complexity index is 1100. The van der Waals surface area contributed by atoms with Gasteiger partial charge in [-0.2, -0.15) is 5.10 Å². The van der Waals surface area contributed by atoms with Crippen molar-refractivity contribution in [2.45, 2.75) is 12.8 Å². The molecule has 0 unspecified atom stereocenters. The number of benzene rings is 2. The molecule has 0 atom stereocenters. The van der Waals surface area contributed by atoms with Crippen molar-refractivity contribution in [1.82, 2.24) is 9.78 Å². The summed E-state index contributed by atoms with van der Waals surface area (Å²) in [6, 6.07) is 15.0. The van der Waals surface area contributed by atoms with Crippen molar-refractivity contribution < 1.29 is 9.59 Å². The first-order valence-corrected chi connectivity index (χ1v) is 10.5. The maximum atomic E-state index is 13.0. The number of hydrogen-bond donors (Lipinski definition) is 2. The summed E-state index contributed by atoms with van der Waals surface area (Å²) in [6.45, 7) is 1.58. The third kappa shape index (κ3) is 4.56. The van der Waals surface area contributed by atoms with Crippen LogP contribution in [0, 0.1) is 5.92 Å². The Balaban J connectivity index is 1.47. The lowest BCUT2D eigenvalue weighted by Gasteiger charge is -2.32. The maximum Gasteiger partial charge on any atom is 0.259 e. The molecule has 3 aromatic rings. The Morgan fingerprint density at radius 3 is 2.42 bits per heavy atom. The average Bonchev–Trinajstić information content (AvgIpc) is 3.16. The van der Waals surface area contributed by atoms with Crippen molar-refractivity contribution in [3.05, 3.63) is 65.3 Å². The largest absolute Gasteiger partial charge is 0.371 e. The number of nitrogens with one attached hydrogen (secondary N) is 1. The lowest BCUT2D eigenvalue weighted by Crippen LogP contribution is -2.38. The van der Waals surface area contributed by atoms with Gasteiger partial charge in [-0.3, -0.25) is 14.3 Å². The van der Waals surface area contributed by atoms with Crippen LogP contribution in [0.25, 0.3) is 11.3 Å². The number of carbonyl (C=O) groups excluding carboxylic acids is 2. The van der Waals surface area contributed by atoms with Crippen molar-refractivity contribution in [2.75, 3.05) is 23.3 Å². The number of hydrogen-bond acceptors (Lipinski definition) is 4. The lowest BCUT2D eigenvalue weighted by molar-refractivity contribution is -0.122. The highest BCUT2D eigenvalue weighted by atomic mass is 35.5. The molecule has 160 valence electrons. The van der Waals surface area contributed by atoms with Gasteiger partial charge in [0, 0.05) is 49.2 Å². The third-order valence-electron chi connectivity index (χ3n) is 5.59. The minimum atomic E-state index is -0.252. The smallest absolute Gasteiger partial charge is 0.259 e. The summed E-state index contributed by atoms with van der Waals surface area (Å²) in [5.74, 6) is -0.510. The predicted octanol–water partition coefficient (Wildman–Crippen LogP) is 3.69. The molecule has 0 bridgehead atoms. The first kappa shape index (κ1) is 20.9. The predicted molar refractivity (Wildman–Crippen MR) is 122 cm³/mol. The van der Waals surface area contributed by atoms with Gasteiger partial charge >= 0.3 is 0 Å². The van der Waals surface area contributed by atoms with E-state index in [0.717, 1.165) is 31.6 Å². The van der Waals surface area contributed by atoms with Gasteiger partial charge in [-0.1, -0.05) is 29.8 Å². The number of aromatic nitrogens is 2. The van der Waals surface area contributed by atoms with Gasteiger partial charge < -0.3 is 16.0 Å². The number of halogens is 1. The zero-order valence-corrected chi connectivity index (χ0v) is 18.0. The van der Waals surface area contributed by atoms with Crippen molar-refractivity contribution in [3.63, 3.8) is 0 Å². The highest BCUT2D eigenvalue weighted by molar-refractivity contribution is 6.33. The van der Waals surface area contributed by atoms with E-state index in [1.54, 1.807) is 24.0 Å². The molecule has 2 aromatic carbocycles. The minimum Gasteiger partial charge on any atom is -0.371 e. The molecule has 1 aromatic heterocycles. The van der Waals surface area contributed by atoms with E-state index in [-0.39, 0.29) is 17.7 Å². The van der Waals surface area contributed by atoms with E-state index < -0.39 is 0 Å². The second kappa shape index (κ2) is 8.81. The van der Waals surface area contributed by atoms with Crippen molar-refractivity contribution in [2.24, 2.45) is 18.7 Å². The van der Waals surface area contributed by atoms with Gasteiger partial charge in [-0.05, 0) is 43.2 Å². The SMILES string of the molecule is Cn1cc(C(=O)Nc2ccc(N3CCC(C(N)=O)CC3)cc2)c(-c2ccccc2Cl)n1. The number of nitrogens with two attached hydrogens (primary N) is 1. The summed E-state index contributed by atoms with van der Waals surface area (Å²) in [6.07, 6.45) is 3.21. The van der Waals surface area contributed by atoms with Crippen molar-refractivity contribution in [3.8, 4) is 11.3 Å². The minimum absolute atomic E-state index is 0.0402. The van der Waals surface area contributed by atoms with E-state index in [1.807, 2.05) is 42.5 Å². The number of amides is 2. The summed E-state index contributed by atoms with van der Waals surface area (Å²) in [4.78, 5) is 26.5. The number of primary amides is 1. The van der Waals surface area contributed by atoms with E-state index >= 15 is 0 Å². The van der Waals surface area contributed by atoms with E-state index in [2.05, 4.69) is 15.3 Å². The van der Waals surface area contributed by atoms with Gasteiger partial charge in [0.2, 0.25) is 5.91 Å². The van der Waals surface area contributed by atoms with E-state index in [9.17, 15) is 9.59 Å². The van der Waals surface area contributed by atoms with E-state index in [0.29, 0.717) is 27.5 Å². The van der Waals surface area contributed by atoms with Crippen LogP contribution in [0.3, 0.4) is 0 Å². The van der Waals surface area contributed by atoms with Crippen molar-refractivity contribution >= 4 is 34.8 Å². The molecule has 1 aliphatic rings. The van der Waals surface area contributed by atoms with Crippen LogP contribution in [0.5, 0.6) is 0 Å². The van der Waals surface area contributed by atoms with E-state index in [4.69, 9.17) is 17.3 Å². The van der Waals surface area contributed by atoms with Crippen LogP contribution in [0.1, 0.15) is 23.2 Å². The first-order chi connectivity index (χ1) is 14.9. The zero-order chi connectivity index (χ0) is 22.0. The number of aryl methyl sites for hydroxylation is 1. The van der Waals surface area contributed by atoms with Gasteiger partial charge in [-0.25, -0.2) is 0 Å². The fourth-order valence-corrected chi connectivity index (χ4v) is 4.11. The first-order valence-electron chi connectivity index (χ1n) is 10.2. The number of rotatable bonds is 5. The summed E-state index contributed by atoms with van der Waals surface area (Å²) >= 11 is 6.31. The molecule has 1 saturated heterocycles. The van der Waals surface area contributed by atoms with Gasteiger partial charge in [0.05, 0.1) is 10.6 Å². The molecule has 1 fully saturated rings. The zero-order valence-electron chi connectivity index (χ0n) is 17.2. The van der Waals surface area contributed by atoms with Crippen LogP contribution in [-0.4, -0.2) is 34.7 Å². The molecule has 31 heavy (non-hydrogen) atoms. The Labute approximate surface area is 185 Å². The molecule has 1 aliphatic heterocycles. The molecule has 7 nitrogen and oxygen atoms in total. The van der Waals surface area contributed by atoms with Crippen LogP contribution < -0.4 is 16.0 Å². The monoisotopic (exact) mass is 437 g/mol. The summed E-state index contributed by atoms with van der Waals surface area (Å²) < 4.78 is 1.60. The number of carbonyl (C=O) groups is 2. The van der Waals surface area contributed by atoms with Crippen molar-refractivity contribution in [1.29, 1.82) is 0 Å². The van der Waals surface area contributed by atoms with Crippen LogP contribution in [0.15, 0.2) is 54.7 Å². The molecule has 4 rings (SSSR count). The second-order valence-electron chi connectivity index (χ2n) is 7.71. The molecular formula is C23H24ClN5O2. The second-order valence-corrected chi connectivity index (χ2v) is 8.12. The van der Waals surface area contributed by atoms with Crippen LogP contribution in [0.4, 0.5) is 11.4 Å². The molecule has 0 radical (unpaired) electrons. The highest BCUT2D eigenvalue weighted by Gasteiger charge is 2.23. The summed E-state index contributed by atoms with van der Waals surface area (Å²) in [5, 5.41) is 7.91. The van der Waals surface area contributed by atoms with Gasteiger partial charge in [0.25, 0.3) is 5.91 Å². The maximum absolute atomic E-state index is 13.0. The number of anilines is 2. The number of nitrogens with zero attached hydrogens (tertiary/aromatic N) is 3. The Morgan fingerprint density at radius 2 is 1.77 bits per heavy atom. The highest BCUT2D eigenvalue weighted by Crippen LogP contribution is 2.30. The molecule has 3 N–H and O–H groups in total. The van der Waals surface area contributed by atoms with Crippen LogP contribution >= 0.6 is 11.6 Å². The third-order valence-corrected chi connectivity index (χ3v) is 5.92. The Hall–Kier alpha value is -3.32. The normalized spacial score (nSPS) is 14.5. The summed E-state index contributed by atoms with van der Waals surface area (Å²) in [5.41, 5.74) is 8.86. The van der Waals surface area contributed by atoms with Crippen LogP contribution in [-0.2, 0) is 11.8 Å². The van der Waals surface area contributed by atoms with Gasteiger partial charge in [0.15, 0.2) is 0 Å². The van der Waals surface area contributed by atoms with Crippen LogP contribution in [0.2, 0.25) is 5.02 Å². The fourth-order valence-electron chi connectivity index (χ4n) is 3.88. The quantitative estimate of drug-likeness (QED) is 0.636. The fraction of sp³-hybridized carbons (Fsp3) is 0.261. The lowest BCUT2D eigenvalue weighted by atomic mass is 9.96.